The highest BCUT2D eigenvalue weighted by Gasteiger charge is 2.13. The van der Waals surface area contributed by atoms with E-state index < -0.39 is 6.17 Å². The molecule has 4 aromatic rings. The predicted octanol–water partition coefficient (Wildman–Crippen LogP) is 5.33. The summed E-state index contributed by atoms with van der Waals surface area (Å²) in [5, 5.41) is 9.59. The van der Waals surface area contributed by atoms with Crippen molar-refractivity contribution in [2.75, 3.05) is 5.32 Å². The zero-order chi connectivity index (χ0) is 17.2. The van der Waals surface area contributed by atoms with Gasteiger partial charge in [0.15, 0.2) is 0 Å². The molecule has 0 aliphatic carbocycles. The van der Waals surface area contributed by atoms with Crippen LogP contribution >= 0.6 is 15.9 Å². The third kappa shape index (κ3) is 3.29. The standard InChI is InChI=1S/C20H16BrN3O/c21-15-10-8-14(9-11-15)18-12-19(25-24-18)23-20(22)17-7-3-5-13-4-1-2-6-16(13)17/h1-12,20,23H,22H2. The Morgan fingerprint density at radius 1 is 0.960 bits per heavy atom. The summed E-state index contributed by atoms with van der Waals surface area (Å²) in [6.45, 7) is 0. The van der Waals surface area contributed by atoms with E-state index >= 15 is 0 Å². The van der Waals surface area contributed by atoms with E-state index in [4.69, 9.17) is 10.3 Å². The highest BCUT2D eigenvalue weighted by molar-refractivity contribution is 9.10. The molecular weight excluding hydrogens is 378 g/mol. The first kappa shape index (κ1) is 15.9. The van der Waals surface area contributed by atoms with E-state index in [0.29, 0.717) is 5.88 Å². The molecule has 0 aliphatic rings. The van der Waals surface area contributed by atoms with Gasteiger partial charge in [-0.1, -0.05) is 75.7 Å². The van der Waals surface area contributed by atoms with Crippen LogP contribution in [0, 0.1) is 0 Å². The van der Waals surface area contributed by atoms with Crippen molar-refractivity contribution in [3.63, 3.8) is 0 Å². The number of anilines is 1. The molecule has 0 spiro atoms. The maximum absolute atomic E-state index is 6.36. The van der Waals surface area contributed by atoms with Crippen molar-refractivity contribution in [1.29, 1.82) is 0 Å². The summed E-state index contributed by atoms with van der Waals surface area (Å²) in [6.07, 6.45) is -0.392. The summed E-state index contributed by atoms with van der Waals surface area (Å²) in [6, 6.07) is 24.0. The lowest BCUT2D eigenvalue weighted by Gasteiger charge is -2.15. The molecule has 3 N–H and O–H groups in total. The third-order valence-corrected chi connectivity index (χ3v) is 4.63. The van der Waals surface area contributed by atoms with E-state index in [0.717, 1.165) is 32.1 Å². The number of benzene rings is 3. The normalized spacial score (nSPS) is 12.2. The van der Waals surface area contributed by atoms with E-state index in [1.807, 2.05) is 54.6 Å². The van der Waals surface area contributed by atoms with Crippen molar-refractivity contribution < 1.29 is 4.52 Å². The first-order valence-electron chi connectivity index (χ1n) is 7.93. The summed E-state index contributed by atoms with van der Waals surface area (Å²) in [5.74, 6) is 0.540. The number of hydrogen-bond acceptors (Lipinski definition) is 4. The van der Waals surface area contributed by atoms with Crippen molar-refractivity contribution >= 4 is 32.6 Å². The van der Waals surface area contributed by atoms with Crippen LogP contribution in [0.4, 0.5) is 5.88 Å². The molecule has 3 aromatic carbocycles. The average Bonchev–Trinajstić information content (AvgIpc) is 3.10. The molecule has 4 nitrogen and oxygen atoms in total. The van der Waals surface area contributed by atoms with Gasteiger partial charge < -0.3 is 15.6 Å². The molecule has 0 aliphatic heterocycles. The van der Waals surface area contributed by atoms with Crippen LogP contribution in [-0.4, -0.2) is 5.16 Å². The Balaban J connectivity index is 1.59. The monoisotopic (exact) mass is 393 g/mol. The smallest absolute Gasteiger partial charge is 0.226 e. The Morgan fingerprint density at radius 3 is 2.56 bits per heavy atom. The third-order valence-electron chi connectivity index (χ3n) is 4.11. The number of halogens is 1. The van der Waals surface area contributed by atoms with Crippen molar-refractivity contribution in [3.05, 3.63) is 82.8 Å². The molecule has 1 heterocycles. The lowest BCUT2D eigenvalue weighted by molar-refractivity contribution is 0.431. The maximum atomic E-state index is 6.36. The molecule has 0 radical (unpaired) electrons. The zero-order valence-corrected chi connectivity index (χ0v) is 14.9. The molecule has 0 fully saturated rings. The van der Waals surface area contributed by atoms with Gasteiger partial charge in [0, 0.05) is 16.1 Å². The highest BCUT2D eigenvalue weighted by atomic mass is 79.9. The predicted molar refractivity (Wildman–Crippen MR) is 104 cm³/mol. The fourth-order valence-electron chi connectivity index (χ4n) is 2.85. The zero-order valence-electron chi connectivity index (χ0n) is 13.3. The molecule has 1 atom stereocenters. The maximum Gasteiger partial charge on any atom is 0.226 e. The van der Waals surface area contributed by atoms with Gasteiger partial charge >= 0.3 is 0 Å². The molecule has 25 heavy (non-hydrogen) atoms. The van der Waals surface area contributed by atoms with Crippen molar-refractivity contribution in [1.82, 2.24) is 5.16 Å². The number of nitrogens with zero attached hydrogens (tertiary/aromatic N) is 1. The quantitative estimate of drug-likeness (QED) is 0.460. The van der Waals surface area contributed by atoms with Crippen LogP contribution < -0.4 is 11.1 Å². The number of hydrogen-bond donors (Lipinski definition) is 2. The second-order valence-electron chi connectivity index (χ2n) is 5.77. The highest BCUT2D eigenvalue weighted by Crippen LogP contribution is 2.27. The molecular formula is C20H16BrN3O. The van der Waals surface area contributed by atoms with E-state index in [1.165, 1.54) is 0 Å². The van der Waals surface area contributed by atoms with Crippen molar-refractivity contribution in [2.45, 2.75) is 6.17 Å². The summed E-state index contributed by atoms with van der Waals surface area (Å²) >= 11 is 3.43. The average molecular weight is 394 g/mol. The second-order valence-corrected chi connectivity index (χ2v) is 6.69. The SMILES string of the molecule is NC(Nc1cc(-c2ccc(Br)cc2)no1)c1cccc2ccccc12. The molecule has 1 aromatic heterocycles. The Morgan fingerprint density at radius 2 is 1.72 bits per heavy atom. The van der Waals surface area contributed by atoms with E-state index in [9.17, 15) is 0 Å². The minimum Gasteiger partial charge on any atom is -0.338 e. The molecule has 5 heteroatoms. The molecule has 0 bridgehead atoms. The number of aromatic nitrogens is 1. The van der Waals surface area contributed by atoms with Crippen molar-refractivity contribution in [3.8, 4) is 11.3 Å². The number of fused-ring (bicyclic) bond motifs is 1. The minimum absolute atomic E-state index is 0.392. The molecule has 1 unspecified atom stereocenters. The number of rotatable bonds is 4. The fraction of sp³-hybridized carbons (Fsp3) is 0.0500. The lowest BCUT2D eigenvalue weighted by atomic mass is 10.0. The minimum atomic E-state index is -0.392. The van der Waals surface area contributed by atoms with E-state index in [-0.39, 0.29) is 0 Å². The van der Waals surface area contributed by atoms with Gasteiger partial charge in [0.05, 0.1) is 0 Å². The van der Waals surface area contributed by atoms with Gasteiger partial charge in [0.1, 0.15) is 11.9 Å². The van der Waals surface area contributed by atoms with Gasteiger partial charge in [-0.2, -0.15) is 0 Å². The van der Waals surface area contributed by atoms with E-state index in [2.05, 4.69) is 44.6 Å². The van der Waals surface area contributed by atoms with E-state index in [1.54, 1.807) is 0 Å². The molecule has 4 rings (SSSR count). The van der Waals surface area contributed by atoms with Crippen LogP contribution in [-0.2, 0) is 0 Å². The Hall–Kier alpha value is -2.63. The van der Waals surface area contributed by atoms with Gasteiger partial charge in [-0.25, -0.2) is 0 Å². The van der Waals surface area contributed by atoms with Crippen LogP contribution in [0.2, 0.25) is 0 Å². The Kier molecular flexibility index (Phi) is 4.26. The molecule has 0 saturated heterocycles. The number of nitrogens with one attached hydrogen (secondary N) is 1. The van der Waals surface area contributed by atoms with Gasteiger partial charge in [0.25, 0.3) is 0 Å². The van der Waals surface area contributed by atoms with Gasteiger partial charge in [-0.05, 0) is 28.5 Å². The van der Waals surface area contributed by atoms with Crippen LogP contribution in [0.5, 0.6) is 0 Å². The topological polar surface area (TPSA) is 64.1 Å². The molecule has 124 valence electrons. The lowest BCUT2D eigenvalue weighted by Crippen LogP contribution is -2.19. The van der Waals surface area contributed by atoms with Crippen molar-refractivity contribution in [2.24, 2.45) is 5.73 Å². The number of nitrogens with two attached hydrogens (primary N) is 1. The molecule has 0 saturated carbocycles. The van der Waals surface area contributed by atoms with Gasteiger partial charge in [-0.3, -0.25) is 0 Å². The fourth-order valence-corrected chi connectivity index (χ4v) is 3.12. The van der Waals surface area contributed by atoms with Crippen LogP contribution in [0.15, 0.2) is 81.8 Å². The van der Waals surface area contributed by atoms with Gasteiger partial charge in [0.2, 0.25) is 5.88 Å². The Bertz CT molecular complexity index is 1010. The first-order valence-corrected chi connectivity index (χ1v) is 8.72. The summed E-state index contributed by atoms with van der Waals surface area (Å²) in [7, 11) is 0. The van der Waals surface area contributed by atoms with Crippen LogP contribution in [0.25, 0.3) is 22.0 Å². The van der Waals surface area contributed by atoms with Gasteiger partial charge in [-0.15, -0.1) is 0 Å². The summed E-state index contributed by atoms with van der Waals surface area (Å²) < 4.78 is 6.42. The summed E-state index contributed by atoms with van der Waals surface area (Å²) in [5.41, 5.74) is 9.12. The Labute approximate surface area is 153 Å². The first-order chi connectivity index (χ1) is 12.2. The molecule has 0 amide bonds. The summed E-state index contributed by atoms with van der Waals surface area (Å²) in [4.78, 5) is 0. The second kappa shape index (κ2) is 6.70. The largest absolute Gasteiger partial charge is 0.338 e. The van der Waals surface area contributed by atoms with Crippen LogP contribution in [0.3, 0.4) is 0 Å². The van der Waals surface area contributed by atoms with Crippen LogP contribution in [0.1, 0.15) is 11.7 Å².